The highest BCUT2D eigenvalue weighted by molar-refractivity contribution is 5.88. The van der Waals surface area contributed by atoms with Gasteiger partial charge < -0.3 is 4.74 Å². The minimum absolute atomic E-state index is 0.131. The van der Waals surface area contributed by atoms with E-state index in [0.29, 0.717) is 0 Å². The predicted octanol–water partition coefficient (Wildman–Crippen LogP) is 8.51. The normalized spacial score (nSPS) is 13.2. The molecule has 0 amide bonds. The summed E-state index contributed by atoms with van der Waals surface area (Å²) in [5.41, 5.74) is 8.95. The van der Waals surface area contributed by atoms with E-state index in [1.807, 2.05) is 48.5 Å². The first-order valence-corrected chi connectivity index (χ1v) is 11.7. The van der Waals surface area contributed by atoms with Gasteiger partial charge in [-0.1, -0.05) is 92.7 Å². The first-order valence-electron chi connectivity index (χ1n) is 11.7. The first-order chi connectivity index (χ1) is 16.6. The number of rotatable bonds is 4. The largest absolute Gasteiger partial charge is 0.457 e. The Hall–Kier alpha value is -4.17. The Balaban J connectivity index is 1.55. The summed E-state index contributed by atoms with van der Waals surface area (Å²) in [6, 6.07) is 39.6. The lowest BCUT2D eigenvalue weighted by atomic mass is 9.81. The van der Waals surface area contributed by atoms with E-state index in [0.717, 1.165) is 34.0 Å². The van der Waals surface area contributed by atoms with Crippen LogP contribution in [0.1, 0.15) is 25.0 Å². The predicted molar refractivity (Wildman–Crippen MR) is 139 cm³/mol. The van der Waals surface area contributed by atoms with Gasteiger partial charge in [0, 0.05) is 22.1 Å². The van der Waals surface area contributed by atoms with Crippen molar-refractivity contribution in [3.63, 3.8) is 0 Å². The molecular formula is C32H25NO. The fourth-order valence-electron chi connectivity index (χ4n) is 4.99. The number of nitrogens with zero attached hydrogens (tertiary/aromatic N) is 1. The number of ether oxygens (including phenoxy) is 1. The zero-order valence-electron chi connectivity index (χ0n) is 19.3. The number of pyridine rings is 1. The van der Waals surface area contributed by atoms with Crippen molar-refractivity contribution in [3.8, 4) is 45.1 Å². The van der Waals surface area contributed by atoms with Crippen LogP contribution in [0.2, 0.25) is 0 Å². The van der Waals surface area contributed by atoms with Gasteiger partial charge in [-0.2, -0.15) is 0 Å². The molecule has 1 aromatic heterocycles. The molecule has 2 nitrogen and oxygen atoms in total. The molecule has 0 aliphatic heterocycles. The molecule has 0 spiro atoms. The summed E-state index contributed by atoms with van der Waals surface area (Å²) in [6.07, 6.45) is 0. The van der Waals surface area contributed by atoms with Crippen molar-refractivity contribution < 1.29 is 4.74 Å². The Morgan fingerprint density at radius 2 is 1.24 bits per heavy atom. The molecule has 6 rings (SSSR count). The third kappa shape index (κ3) is 3.39. The highest BCUT2D eigenvalue weighted by Crippen LogP contribution is 2.54. The second-order valence-electron chi connectivity index (χ2n) is 9.26. The van der Waals surface area contributed by atoms with Crippen molar-refractivity contribution in [3.05, 3.63) is 126 Å². The van der Waals surface area contributed by atoms with Crippen LogP contribution in [0.3, 0.4) is 0 Å². The summed E-state index contributed by atoms with van der Waals surface area (Å²) >= 11 is 0. The summed E-state index contributed by atoms with van der Waals surface area (Å²) in [4.78, 5) is 5.03. The van der Waals surface area contributed by atoms with Crippen LogP contribution in [0.15, 0.2) is 115 Å². The Labute approximate surface area is 200 Å². The number of hydrogen-bond donors (Lipinski definition) is 0. The van der Waals surface area contributed by atoms with E-state index >= 15 is 0 Å². The lowest BCUT2D eigenvalue weighted by Crippen LogP contribution is -2.15. The standard InChI is InChI=1S/C32H25NO/c1-32(2)26-17-10-9-16-25(26)31-27(32)20-23(21-30(31)34-24-14-7-4-8-15-24)29-19-11-18-28(33-29)22-12-5-3-6-13-22/h3-21H,1-2H3. The molecule has 5 aromatic rings. The van der Waals surface area contributed by atoms with Crippen molar-refractivity contribution in [2.75, 3.05) is 0 Å². The van der Waals surface area contributed by atoms with E-state index < -0.39 is 0 Å². The fourth-order valence-corrected chi connectivity index (χ4v) is 4.99. The molecule has 0 radical (unpaired) electrons. The van der Waals surface area contributed by atoms with Crippen LogP contribution >= 0.6 is 0 Å². The molecule has 0 saturated heterocycles. The van der Waals surface area contributed by atoms with Crippen LogP contribution < -0.4 is 4.74 Å². The number of para-hydroxylation sites is 1. The monoisotopic (exact) mass is 439 g/mol. The molecule has 1 aliphatic carbocycles. The van der Waals surface area contributed by atoms with Crippen LogP contribution in [0.5, 0.6) is 11.5 Å². The molecule has 0 atom stereocenters. The number of aromatic nitrogens is 1. The SMILES string of the molecule is CC1(C)c2ccccc2-c2c(Oc3ccccc3)cc(-c3cccc(-c4ccccc4)n3)cc21. The van der Waals surface area contributed by atoms with Gasteiger partial charge in [0.1, 0.15) is 11.5 Å². The highest BCUT2D eigenvalue weighted by atomic mass is 16.5. The summed E-state index contributed by atoms with van der Waals surface area (Å²) < 4.78 is 6.52. The third-order valence-corrected chi connectivity index (χ3v) is 6.73. The summed E-state index contributed by atoms with van der Waals surface area (Å²) in [5, 5.41) is 0. The first kappa shape index (κ1) is 20.4. The lowest BCUT2D eigenvalue weighted by molar-refractivity contribution is 0.483. The number of fused-ring (bicyclic) bond motifs is 3. The molecule has 4 aromatic carbocycles. The Morgan fingerprint density at radius 1 is 0.588 bits per heavy atom. The maximum absolute atomic E-state index is 6.52. The molecule has 34 heavy (non-hydrogen) atoms. The van der Waals surface area contributed by atoms with Gasteiger partial charge in [0.05, 0.1) is 11.4 Å². The number of hydrogen-bond acceptors (Lipinski definition) is 2. The van der Waals surface area contributed by atoms with E-state index in [2.05, 4.69) is 80.6 Å². The second-order valence-corrected chi connectivity index (χ2v) is 9.26. The summed E-state index contributed by atoms with van der Waals surface area (Å²) in [7, 11) is 0. The molecule has 0 fully saturated rings. The quantitative estimate of drug-likeness (QED) is 0.280. The van der Waals surface area contributed by atoms with Crippen LogP contribution in [0, 0.1) is 0 Å². The molecule has 1 aliphatic rings. The summed E-state index contributed by atoms with van der Waals surface area (Å²) in [6.45, 7) is 4.59. The van der Waals surface area contributed by atoms with E-state index in [9.17, 15) is 0 Å². The summed E-state index contributed by atoms with van der Waals surface area (Å²) in [5.74, 6) is 1.69. The van der Waals surface area contributed by atoms with Gasteiger partial charge >= 0.3 is 0 Å². The van der Waals surface area contributed by atoms with Gasteiger partial charge in [0.2, 0.25) is 0 Å². The zero-order valence-corrected chi connectivity index (χ0v) is 19.3. The number of benzene rings is 4. The van der Waals surface area contributed by atoms with Crippen LogP contribution in [0.25, 0.3) is 33.6 Å². The van der Waals surface area contributed by atoms with E-state index in [1.165, 1.54) is 22.3 Å². The smallest absolute Gasteiger partial charge is 0.136 e. The maximum atomic E-state index is 6.52. The van der Waals surface area contributed by atoms with Crippen molar-refractivity contribution in [1.29, 1.82) is 0 Å². The molecule has 1 heterocycles. The van der Waals surface area contributed by atoms with Crippen molar-refractivity contribution in [1.82, 2.24) is 4.98 Å². The van der Waals surface area contributed by atoms with Crippen LogP contribution in [-0.4, -0.2) is 4.98 Å². The van der Waals surface area contributed by atoms with E-state index in [-0.39, 0.29) is 5.41 Å². The van der Waals surface area contributed by atoms with Gasteiger partial charge in [-0.25, -0.2) is 4.98 Å². The van der Waals surface area contributed by atoms with Crippen LogP contribution in [-0.2, 0) is 5.41 Å². The maximum Gasteiger partial charge on any atom is 0.136 e. The van der Waals surface area contributed by atoms with Gasteiger partial charge in [-0.05, 0) is 53.1 Å². The second kappa shape index (κ2) is 8.00. The zero-order chi connectivity index (χ0) is 23.1. The Bertz CT molecular complexity index is 1490. The van der Waals surface area contributed by atoms with Gasteiger partial charge in [0.25, 0.3) is 0 Å². The topological polar surface area (TPSA) is 22.1 Å². The van der Waals surface area contributed by atoms with Gasteiger partial charge in [-0.3, -0.25) is 0 Å². The van der Waals surface area contributed by atoms with Crippen LogP contribution in [0.4, 0.5) is 0 Å². The molecule has 0 N–H and O–H groups in total. The van der Waals surface area contributed by atoms with E-state index in [4.69, 9.17) is 9.72 Å². The molecule has 0 bridgehead atoms. The average molecular weight is 440 g/mol. The van der Waals surface area contributed by atoms with Crippen molar-refractivity contribution in [2.24, 2.45) is 0 Å². The fraction of sp³-hybridized carbons (Fsp3) is 0.0938. The highest BCUT2D eigenvalue weighted by Gasteiger charge is 2.37. The minimum atomic E-state index is -0.131. The Kier molecular flexibility index (Phi) is 4.81. The minimum Gasteiger partial charge on any atom is -0.457 e. The molecule has 0 saturated carbocycles. The average Bonchev–Trinajstić information content (AvgIpc) is 3.12. The Morgan fingerprint density at radius 3 is 2.00 bits per heavy atom. The van der Waals surface area contributed by atoms with Gasteiger partial charge in [-0.15, -0.1) is 0 Å². The van der Waals surface area contributed by atoms with Crippen molar-refractivity contribution in [2.45, 2.75) is 19.3 Å². The lowest BCUT2D eigenvalue weighted by Gasteiger charge is -2.22. The van der Waals surface area contributed by atoms with E-state index in [1.54, 1.807) is 0 Å². The molecular weight excluding hydrogens is 414 g/mol. The van der Waals surface area contributed by atoms with Gasteiger partial charge in [0.15, 0.2) is 0 Å². The molecule has 0 unspecified atom stereocenters. The molecule has 2 heteroatoms. The van der Waals surface area contributed by atoms with Crippen molar-refractivity contribution >= 4 is 0 Å². The third-order valence-electron chi connectivity index (χ3n) is 6.73. The molecule has 164 valence electrons.